The van der Waals surface area contributed by atoms with Crippen LogP contribution in [-0.2, 0) is 4.74 Å². The van der Waals surface area contributed by atoms with Crippen molar-refractivity contribution in [2.24, 2.45) is 5.10 Å². The molecule has 0 bridgehead atoms. The normalized spacial score (nSPS) is 13.9. The van der Waals surface area contributed by atoms with Gasteiger partial charge >= 0.3 is 0 Å². The molecule has 2 aromatic carbocycles. The highest BCUT2D eigenvalue weighted by Gasteiger charge is 2.16. The molecule has 31 heavy (non-hydrogen) atoms. The van der Waals surface area contributed by atoms with Crippen LogP contribution >= 0.6 is 15.9 Å². The van der Waals surface area contributed by atoms with Gasteiger partial charge in [-0.1, -0.05) is 28.1 Å². The average Bonchev–Trinajstić information content (AvgIpc) is 2.80. The van der Waals surface area contributed by atoms with Gasteiger partial charge in [-0.15, -0.1) is 0 Å². The predicted octanol–water partition coefficient (Wildman–Crippen LogP) is 3.67. The summed E-state index contributed by atoms with van der Waals surface area (Å²) >= 11 is 3.46. The second-order valence-electron chi connectivity index (χ2n) is 6.66. The van der Waals surface area contributed by atoms with Gasteiger partial charge in [-0.3, -0.25) is 0 Å². The zero-order valence-corrected chi connectivity index (χ0v) is 18.5. The molecule has 3 aromatic rings. The largest absolute Gasteiger partial charge is 0.497 e. The van der Waals surface area contributed by atoms with Crippen molar-refractivity contribution in [1.82, 2.24) is 15.0 Å². The number of ether oxygens (including phenoxy) is 2. The Balaban J connectivity index is 1.56. The van der Waals surface area contributed by atoms with Crippen molar-refractivity contribution in [3.63, 3.8) is 0 Å². The van der Waals surface area contributed by atoms with E-state index in [4.69, 9.17) is 9.47 Å². The highest BCUT2D eigenvalue weighted by molar-refractivity contribution is 9.10. The molecule has 1 saturated heterocycles. The zero-order valence-electron chi connectivity index (χ0n) is 17.0. The molecule has 0 saturated carbocycles. The zero-order chi connectivity index (χ0) is 21.5. The van der Waals surface area contributed by atoms with Crippen LogP contribution in [-0.4, -0.2) is 54.6 Å². The van der Waals surface area contributed by atoms with E-state index in [9.17, 15) is 0 Å². The first-order valence-electron chi connectivity index (χ1n) is 9.74. The molecule has 0 atom stereocenters. The lowest BCUT2D eigenvalue weighted by Gasteiger charge is -2.27. The van der Waals surface area contributed by atoms with Gasteiger partial charge in [0, 0.05) is 23.2 Å². The number of hydrazone groups is 1. The Morgan fingerprint density at radius 3 is 2.58 bits per heavy atom. The molecule has 2 heterocycles. The molecular weight excluding hydrogens is 462 g/mol. The number of rotatable bonds is 7. The molecule has 1 aliphatic heterocycles. The summed E-state index contributed by atoms with van der Waals surface area (Å²) in [6.45, 7) is 2.70. The van der Waals surface area contributed by atoms with Crippen LogP contribution < -0.4 is 20.4 Å². The van der Waals surface area contributed by atoms with E-state index in [0.29, 0.717) is 44.1 Å². The summed E-state index contributed by atoms with van der Waals surface area (Å²) in [5.74, 6) is 2.11. The van der Waals surface area contributed by atoms with Gasteiger partial charge in [0.2, 0.25) is 17.8 Å². The molecule has 4 rings (SSSR count). The lowest BCUT2D eigenvalue weighted by atomic mass is 10.2. The average molecular weight is 484 g/mol. The minimum absolute atomic E-state index is 0.346. The van der Waals surface area contributed by atoms with Crippen LogP contribution in [0, 0.1) is 0 Å². The fraction of sp³-hybridized carbons (Fsp3) is 0.238. The molecule has 0 amide bonds. The van der Waals surface area contributed by atoms with Crippen molar-refractivity contribution in [1.29, 1.82) is 0 Å². The summed E-state index contributed by atoms with van der Waals surface area (Å²) in [5, 5.41) is 7.49. The molecule has 1 fully saturated rings. The predicted molar refractivity (Wildman–Crippen MR) is 124 cm³/mol. The second kappa shape index (κ2) is 10.2. The van der Waals surface area contributed by atoms with Gasteiger partial charge in [0.25, 0.3) is 0 Å². The third kappa shape index (κ3) is 5.89. The molecule has 1 aromatic heterocycles. The Morgan fingerprint density at radius 2 is 1.84 bits per heavy atom. The van der Waals surface area contributed by atoms with E-state index in [2.05, 4.69) is 51.6 Å². The minimum Gasteiger partial charge on any atom is -0.497 e. The third-order valence-electron chi connectivity index (χ3n) is 4.49. The molecule has 10 heteroatoms. The van der Waals surface area contributed by atoms with Crippen molar-refractivity contribution in [2.45, 2.75) is 0 Å². The van der Waals surface area contributed by atoms with Gasteiger partial charge in [-0.2, -0.15) is 20.1 Å². The number of aromatic nitrogens is 3. The van der Waals surface area contributed by atoms with Crippen LogP contribution in [0.2, 0.25) is 0 Å². The van der Waals surface area contributed by atoms with Gasteiger partial charge < -0.3 is 19.7 Å². The molecule has 0 aliphatic carbocycles. The van der Waals surface area contributed by atoms with Gasteiger partial charge in [-0.25, -0.2) is 5.43 Å². The van der Waals surface area contributed by atoms with Crippen LogP contribution in [0.1, 0.15) is 5.56 Å². The molecule has 0 radical (unpaired) electrons. The lowest BCUT2D eigenvalue weighted by Crippen LogP contribution is -2.37. The molecule has 160 valence electrons. The van der Waals surface area contributed by atoms with Crippen molar-refractivity contribution in [3.05, 3.63) is 58.6 Å². The number of hydrogen-bond donors (Lipinski definition) is 2. The molecular formula is C21H22BrN7O2. The number of anilines is 4. The molecule has 2 N–H and O–H groups in total. The highest BCUT2D eigenvalue weighted by atomic mass is 79.9. The Morgan fingerprint density at radius 1 is 1.06 bits per heavy atom. The van der Waals surface area contributed by atoms with Crippen molar-refractivity contribution >= 4 is 45.7 Å². The topological polar surface area (TPSA) is 96.8 Å². The Hall–Kier alpha value is -3.24. The van der Waals surface area contributed by atoms with Crippen molar-refractivity contribution in [3.8, 4) is 5.75 Å². The third-order valence-corrected chi connectivity index (χ3v) is 4.98. The van der Waals surface area contributed by atoms with Gasteiger partial charge in [0.1, 0.15) is 5.75 Å². The quantitative estimate of drug-likeness (QED) is 0.388. The number of morpholine rings is 1. The van der Waals surface area contributed by atoms with E-state index in [1.165, 1.54) is 0 Å². The summed E-state index contributed by atoms with van der Waals surface area (Å²) in [6, 6.07) is 15.4. The Bertz CT molecular complexity index is 1040. The Labute approximate surface area is 188 Å². The first kappa shape index (κ1) is 21.0. The maximum Gasteiger partial charge on any atom is 0.250 e. The van der Waals surface area contributed by atoms with Gasteiger partial charge in [-0.05, 0) is 42.0 Å². The van der Waals surface area contributed by atoms with Crippen LogP contribution in [0.4, 0.5) is 23.5 Å². The van der Waals surface area contributed by atoms with Crippen LogP contribution in [0.25, 0.3) is 0 Å². The summed E-state index contributed by atoms with van der Waals surface area (Å²) in [6.07, 6.45) is 1.71. The number of nitrogens with zero attached hydrogens (tertiary/aromatic N) is 5. The monoisotopic (exact) mass is 483 g/mol. The maximum atomic E-state index is 5.44. The molecule has 9 nitrogen and oxygen atoms in total. The molecule has 0 unspecified atom stereocenters. The fourth-order valence-corrected chi connectivity index (χ4v) is 3.35. The smallest absolute Gasteiger partial charge is 0.250 e. The summed E-state index contributed by atoms with van der Waals surface area (Å²) < 4.78 is 11.6. The van der Waals surface area contributed by atoms with E-state index < -0.39 is 0 Å². The van der Waals surface area contributed by atoms with E-state index in [1.54, 1.807) is 13.3 Å². The van der Waals surface area contributed by atoms with E-state index >= 15 is 0 Å². The van der Waals surface area contributed by atoms with Crippen molar-refractivity contribution in [2.75, 3.05) is 49.1 Å². The van der Waals surface area contributed by atoms with E-state index in [-0.39, 0.29) is 0 Å². The summed E-state index contributed by atoms with van der Waals surface area (Å²) in [5.41, 5.74) is 4.69. The fourth-order valence-electron chi connectivity index (χ4n) is 2.93. The van der Waals surface area contributed by atoms with Crippen molar-refractivity contribution < 1.29 is 9.47 Å². The van der Waals surface area contributed by atoms with Crippen LogP contribution in [0.15, 0.2) is 58.1 Å². The standard InChI is InChI=1S/C21H22BrN7O2/c1-30-18-7-5-17(6-8-18)24-19-25-20(27-21(26-19)29-9-11-31-12-10-29)28-23-14-15-3-2-4-16(22)13-15/h2-8,13-14H,9-12H2,1H3,(H2,24,25,26,27,28)/b23-14+. The highest BCUT2D eigenvalue weighted by Crippen LogP contribution is 2.21. The van der Waals surface area contributed by atoms with Gasteiger partial charge in [0.15, 0.2) is 0 Å². The van der Waals surface area contributed by atoms with Gasteiger partial charge in [0.05, 0.1) is 26.5 Å². The number of benzene rings is 2. The summed E-state index contributed by atoms with van der Waals surface area (Å²) in [7, 11) is 1.63. The SMILES string of the molecule is COc1ccc(Nc2nc(N/N=C/c3cccc(Br)c3)nc(N3CCOCC3)n2)cc1. The van der Waals surface area contributed by atoms with Crippen LogP contribution in [0.5, 0.6) is 5.75 Å². The first-order chi connectivity index (χ1) is 15.2. The minimum atomic E-state index is 0.346. The van der Waals surface area contributed by atoms with E-state index in [0.717, 1.165) is 21.5 Å². The number of hydrogen-bond acceptors (Lipinski definition) is 9. The Kier molecular flexibility index (Phi) is 6.90. The van der Waals surface area contributed by atoms with Crippen LogP contribution in [0.3, 0.4) is 0 Å². The number of methoxy groups -OCH3 is 1. The molecule has 0 spiro atoms. The second-order valence-corrected chi connectivity index (χ2v) is 7.58. The first-order valence-corrected chi connectivity index (χ1v) is 10.5. The number of halogens is 1. The lowest BCUT2D eigenvalue weighted by molar-refractivity contribution is 0.122. The van der Waals surface area contributed by atoms with E-state index in [1.807, 2.05) is 48.5 Å². The maximum absolute atomic E-state index is 5.44. The summed E-state index contributed by atoms with van der Waals surface area (Å²) in [4.78, 5) is 15.6. The molecule has 1 aliphatic rings. The number of nitrogens with one attached hydrogen (secondary N) is 2.